The third-order valence-electron chi connectivity index (χ3n) is 5.61. The van der Waals surface area contributed by atoms with E-state index >= 15 is 0 Å². The molecule has 142 valence electrons. The Labute approximate surface area is 157 Å². The number of aromatic nitrogens is 1. The summed E-state index contributed by atoms with van der Waals surface area (Å²) in [5.74, 6) is 0.703. The molecule has 3 aromatic rings. The number of hydrogen-bond donors (Lipinski definition) is 2. The summed E-state index contributed by atoms with van der Waals surface area (Å²) in [7, 11) is 0. The van der Waals surface area contributed by atoms with Crippen molar-refractivity contribution < 1.29 is 19.4 Å². The van der Waals surface area contributed by atoms with Gasteiger partial charge in [-0.25, -0.2) is 0 Å². The van der Waals surface area contributed by atoms with Crippen LogP contribution in [0.4, 0.5) is 0 Å². The van der Waals surface area contributed by atoms with Crippen molar-refractivity contribution in [3.8, 4) is 0 Å². The van der Waals surface area contributed by atoms with Crippen LogP contribution in [-0.2, 0) is 6.54 Å². The Bertz CT molecular complexity index is 960. The SMILES string of the molecule is CC[C@@]1(O)CCN(C(=O)c2ccc(Cn3ccc4ccccc43)o2)C[C@H]1O. The average Bonchev–Trinajstić information content (AvgIpc) is 3.31. The number of aliphatic hydroxyl groups excluding tert-OH is 1. The van der Waals surface area contributed by atoms with Crippen LogP contribution in [0.25, 0.3) is 10.9 Å². The molecule has 6 nitrogen and oxygen atoms in total. The predicted molar refractivity (Wildman–Crippen MR) is 102 cm³/mol. The molecule has 0 saturated carbocycles. The number of carbonyl (C=O) groups is 1. The number of benzene rings is 1. The minimum atomic E-state index is -1.11. The Hall–Kier alpha value is -2.57. The first-order valence-electron chi connectivity index (χ1n) is 9.32. The molecule has 2 N–H and O–H groups in total. The highest BCUT2D eigenvalue weighted by Gasteiger charge is 2.40. The van der Waals surface area contributed by atoms with E-state index in [-0.39, 0.29) is 18.2 Å². The highest BCUT2D eigenvalue weighted by Crippen LogP contribution is 2.27. The summed E-state index contributed by atoms with van der Waals surface area (Å²) in [5, 5.41) is 21.7. The van der Waals surface area contributed by atoms with Gasteiger partial charge in [0.05, 0.1) is 12.1 Å². The van der Waals surface area contributed by atoms with Crippen LogP contribution >= 0.6 is 0 Å². The van der Waals surface area contributed by atoms with Crippen molar-refractivity contribution in [3.63, 3.8) is 0 Å². The van der Waals surface area contributed by atoms with E-state index in [9.17, 15) is 15.0 Å². The molecule has 1 amide bonds. The smallest absolute Gasteiger partial charge is 0.289 e. The number of piperidine rings is 1. The first-order chi connectivity index (χ1) is 13.0. The summed E-state index contributed by atoms with van der Waals surface area (Å²) in [6, 6.07) is 13.6. The van der Waals surface area contributed by atoms with Gasteiger partial charge in [0.1, 0.15) is 11.9 Å². The van der Waals surface area contributed by atoms with Crippen molar-refractivity contribution in [2.24, 2.45) is 0 Å². The van der Waals surface area contributed by atoms with E-state index in [1.54, 1.807) is 11.0 Å². The summed E-state index contributed by atoms with van der Waals surface area (Å²) < 4.78 is 7.86. The van der Waals surface area contributed by atoms with Gasteiger partial charge < -0.3 is 24.1 Å². The minimum Gasteiger partial charge on any atom is -0.454 e. The van der Waals surface area contributed by atoms with Gasteiger partial charge in [-0.05, 0) is 42.5 Å². The fraction of sp³-hybridized carbons (Fsp3) is 0.381. The van der Waals surface area contributed by atoms with Gasteiger partial charge in [-0.1, -0.05) is 25.1 Å². The van der Waals surface area contributed by atoms with Crippen molar-refractivity contribution >= 4 is 16.8 Å². The number of aliphatic hydroxyl groups is 2. The van der Waals surface area contributed by atoms with Gasteiger partial charge in [-0.15, -0.1) is 0 Å². The molecule has 1 aliphatic heterocycles. The Morgan fingerprint density at radius 2 is 2.07 bits per heavy atom. The number of fused-ring (bicyclic) bond motifs is 1. The largest absolute Gasteiger partial charge is 0.454 e. The third-order valence-corrected chi connectivity index (χ3v) is 5.61. The van der Waals surface area contributed by atoms with Crippen LogP contribution in [0.3, 0.4) is 0 Å². The molecule has 2 aromatic heterocycles. The van der Waals surface area contributed by atoms with Gasteiger partial charge in [-0.3, -0.25) is 4.79 Å². The van der Waals surface area contributed by atoms with Gasteiger partial charge in [0.2, 0.25) is 0 Å². The molecular weight excluding hydrogens is 344 g/mol. The van der Waals surface area contributed by atoms with E-state index in [2.05, 4.69) is 10.6 Å². The second-order valence-electron chi connectivity index (χ2n) is 7.24. The van der Waals surface area contributed by atoms with Crippen LogP contribution in [0.5, 0.6) is 0 Å². The molecule has 1 fully saturated rings. The monoisotopic (exact) mass is 368 g/mol. The van der Waals surface area contributed by atoms with E-state index in [4.69, 9.17) is 4.42 Å². The summed E-state index contributed by atoms with van der Waals surface area (Å²) in [5.41, 5.74) is 0.000376. The van der Waals surface area contributed by atoms with Crippen molar-refractivity contribution in [3.05, 3.63) is 60.2 Å². The van der Waals surface area contributed by atoms with Crippen LogP contribution in [0.1, 0.15) is 36.1 Å². The minimum absolute atomic E-state index is 0.113. The fourth-order valence-electron chi connectivity index (χ4n) is 3.74. The van der Waals surface area contributed by atoms with Gasteiger partial charge >= 0.3 is 0 Å². The normalized spacial score (nSPS) is 23.1. The highest BCUT2D eigenvalue weighted by molar-refractivity contribution is 5.91. The highest BCUT2D eigenvalue weighted by atomic mass is 16.4. The molecular formula is C21H24N2O4. The number of nitrogens with zero attached hydrogens (tertiary/aromatic N) is 2. The molecule has 0 bridgehead atoms. The van der Waals surface area contributed by atoms with E-state index in [1.807, 2.05) is 43.5 Å². The van der Waals surface area contributed by atoms with E-state index in [0.717, 1.165) is 10.9 Å². The number of furan rings is 1. The van der Waals surface area contributed by atoms with Gasteiger partial charge in [0.15, 0.2) is 5.76 Å². The van der Waals surface area contributed by atoms with Crippen LogP contribution in [0, 0.1) is 0 Å². The summed E-state index contributed by atoms with van der Waals surface area (Å²) in [6.45, 7) is 2.89. The van der Waals surface area contributed by atoms with Gasteiger partial charge in [0, 0.05) is 24.8 Å². The van der Waals surface area contributed by atoms with Crippen molar-refractivity contribution in [1.82, 2.24) is 9.47 Å². The lowest BCUT2D eigenvalue weighted by Gasteiger charge is -2.41. The lowest BCUT2D eigenvalue weighted by Crippen LogP contribution is -2.56. The lowest BCUT2D eigenvalue weighted by molar-refractivity contribution is -0.114. The number of hydrogen-bond acceptors (Lipinski definition) is 4. The molecule has 1 saturated heterocycles. The van der Waals surface area contributed by atoms with Gasteiger partial charge in [0.25, 0.3) is 5.91 Å². The Kier molecular flexibility index (Phi) is 4.53. The number of carbonyl (C=O) groups excluding carboxylic acids is 1. The molecule has 3 heterocycles. The summed E-state index contributed by atoms with van der Waals surface area (Å²) in [6.07, 6.45) is 1.88. The molecule has 0 radical (unpaired) electrons. The van der Waals surface area contributed by atoms with E-state index in [1.165, 1.54) is 0 Å². The standard InChI is InChI=1S/C21H24N2O4/c1-2-21(26)10-12-23(14-19(21)24)20(25)18-8-7-16(27-18)13-22-11-9-15-5-3-4-6-17(15)22/h3-9,11,19,24,26H,2,10,12-14H2,1H3/t19-,21-/m1/s1. The lowest BCUT2D eigenvalue weighted by atomic mass is 9.86. The van der Waals surface area contributed by atoms with E-state index < -0.39 is 11.7 Å². The molecule has 1 aliphatic rings. The quantitative estimate of drug-likeness (QED) is 0.742. The average molecular weight is 368 g/mol. The third kappa shape index (κ3) is 3.26. The fourth-order valence-corrected chi connectivity index (χ4v) is 3.74. The molecule has 2 atom stereocenters. The molecule has 0 aliphatic carbocycles. The molecule has 0 spiro atoms. The zero-order valence-electron chi connectivity index (χ0n) is 15.3. The second kappa shape index (κ2) is 6.87. The Morgan fingerprint density at radius 3 is 2.85 bits per heavy atom. The number of rotatable bonds is 4. The molecule has 0 unspecified atom stereocenters. The topological polar surface area (TPSA) is 78.8 Å². The van der Waals surface area contributed by atoms with Crippen LogP contribution in [-0.4, -0.2) is 50.4 Å². The van der Waals surface area contributed by atoms with Crippen molar-refractivity contribution in [2.45, 2.75) is 38.0 Å². The first kappa shape index (κ1) is 17.8. The molecule has 6 heteroatoms. The van der Waals surface area contributed by atoms with Crippen LogP contribution in [0.15, 0.2) is 53.1 Å². The van der Waals surface area contributed by atoms with Gasteiger partial charge in [-0.2, -0.15) is 0 Å². The zero-order valence-corrected chi connectivity index (χ0v) is 15.3. The van der Waals surface area contributed by atoms with Crippen molar-refractivity contribution in [1.29, 1.82) is 0 Å². The van der Waals surface area contributed by atoms with E-state index in [0.29, 0.717) is 31.7 Å². The molecule has 1 aromatic carbocycles. The number of β-amino-alcohol motifs (C(OH)–C–C–N with tert-alkyl or cyclic N) is 1. The number of para-hydroxylation sites is 1. The summed E-state index contributed by atoms with van der Waals surface area (Å²) in [4.78, 5) is 14.2. The van der Waals surface area contributed by atoms with Crippen LogP contribution in [0.2, 0.25) is 0 Å². The first-order valence-corrected chi connectivity index (χ1v) is 9.32. The Balaban J connectivity index is 1.47. The maximum atomic E-state index is 12.7. The van der Waals surface area contributed by atoms with Crippen LogP contribution < -0.4 is 0 Å². The molecule has 4 rings (SSSR count). The molecule has 27 heavy (non-hydrogen) atoms. The van der Waals surface area contributed by atoms with Crippen molar-refractivity contribution in [2.75, 3.05) is 13.1 Å². The number of amides is 1. The summed E-state index contributed by atoms with van der Waals surface area (Å²) >= 11 is 0. The maximum Gasteiger partial charge on any atom is 0.289 e. The zero-order chi connectivity index (χ0) is 19.0. The second-order valence-corrected chi connectivity index (χ2v) is 7.24. The number of likely N-dealkylation sites (tertiary alicyclic amines) is 1. The Morgan fingerprint density at radius 1 is 1.26 bits per heavy atom. The predicted octanol–water partition coefficient (Wildman–Crippen LogP) is 2.63. The maximum absolute atomic E-state index is 12.7.